The van der Waals surface area contributed by atoms with Crippen LogP contribution in [0.3, 0.4) is 0 Å². The summed E-state index contributed by atoms with van der Waals surface area (Å²) in [4.78, 5) is 38.2. The Hall–Kier alpha value is -2.90. The van der Waals surface area contributed by atoms with E-state index in [1.807, 2.05) is 0 Å². The number of amides is 2. The number of carbonyl (C=O) groups excluding carboxylic acids is 2. The minimum Gasteiger partial charge on any atom is -0.477 e. The molecular weight excluding hydrogens is 444 g/mol. The van der Waals surface area contributed by atoms with E-state index in [9.17, 15) is 24.6 Å². The molecule has 3 N–H and O–H groups in total. The number of aliphatic hydroxyl groups is 1. The summed E-state index contributed by atoms with van der Waals surface area (Å²) in [6, 6.07) is 7.46. The lowest BCUT2D eigenvalue weighted by Crippen LogP contribution is -2.70. The van der Waals surface area contributed by atoms with Gasteiger partial charge in [0.15, 0.2) is 6.10 Å². The van der Waals surface area contributed by atoms with E-state index in [0.717, 1.165) is 0 Å². The highest BCUT2D eigenvalue weighted by Crippen LogP contribution is 2.41. The number of hydrogen-bond acceptors (Lipinski definition) is 9. The SMILES string of the molecule is Cn1nnnc1SCC1=C(C(=O)O)N2C(=O)C(NC(=O)C(O)c3ccccc3)[C@@H]2SC1. The number of carbonyl (C=O) groups is 3. The molecule has 2 aromatic rings. The van der Waals surface area contributed by atoms with Crippen molar-refractivity contribution in [2.45, 2.75) is 22.7 Å². The molecule has 31 heavy (non-hydrogen) atoms. The van der Waals surface area contributed by atoms with Crippen LogP contribution in [0.15, 0.2) is 46.8 Å². The fourth-order valence-corrected chi connectivity index (χ4v) is 5.64. The van der Waals surface area contributed by atoms with Crippen molar-refractivity contribution in [3.05, 3.63) is 47.2 Å². The van der Waals surface area contributed by atoms with E-state index in [-0.39, 0.29) is 5.70 Å². The third kappa shape index (κ3) is 4.03. The minimum absolute atomic E-state index is 0.0783. The second-order valence-corrected chi connectivity index (χ2v) is 8.89. The summed E-state index contributed by atoms with van der Waals surface area (Å²) < 4.78 is 1.48. The van der Waals surface area contributed by atoms with Crippen LogP contribution in [0, 0.1) is 0 Å². The molecule has 1 aromatic heterocycles. The number of fused-ring (bicyclic) bond motifs is 1. The number of aromatic nitrogens is 4. The molecule has 2 aliphatic heterocycles. The van der Waals surface area contributed by atoms with Crippen molar-refractivity contribution < 1.29 is 24.6 Å². The summed E-state index contributed by atoms with van der Waals surface area (Å²) in [7, 11) is 1.68. The third-order valence-corrected chi connectivity index (χ3v) is 7.30. The van der Waals surface area contributed by atoms with Gasteiger partial charge in [0.2, 0.25) is 5.16 Å². The number of nitrogens with zero attached hydrogens (tertiary/aromatic N) is 5. The highest BCUT2D eigenvalue weighted by atomic mass is 32.2. The van der Waals surface area contributed by atoms with Gasteiger partial charge in [-0.1, -0.05) is 42.1 Å². The molecule has 0 spiro atoms. The number of carboxylic acid groups (broad SMARTS) is 1. The molecule has 2 aliphatic rings. The van der Waals surface area contributed by atoms with Gasteiger partial charge >= 0.3 is 5.97 Å². The average molecular weight is 463 g/mol. The van der Waals surface area contributed by atoms with E-state index in [2.05, 4.69) is 20.8 Å². The van der Waals surface area contributed by atoms with Crippen LogP contribution in [0.2, 0.25) is 0 Å². The Morgan fingerprint density at radius 2 is 2.10 bits per heavy atom. The van der Waals surface area contributed by atoms with Gasteiger partial charge in [0.1, 0.15) is 17.1 Å². The molecule has 1 saturated heterocycles. The number of tetrazole rings is 1. The topological polar surface area (TPSA) is 151 Å². The number of aryl methyl sites for hydroxylation is 1. The fraction of sp³-hybridized carbons (Fsp3) is 0.333. The van der Waals surface area contributed by atoms with Crippen LogP contribution in [0.1, 0.15) is 11.7 Å². The monoisotopic (exact) mass is 462 g/mol. The van der Waals surface area contributed by atoms with E-state index in [4.69, 9.17) is 0 Å². The summed E-state index contributed by atoms with van der Waals surface area (Å²) >= 11 is 2.64. The molecular formula is C18H18N6O5S2. The van der Waals surface area contributed by atoms with Gasteiger partial charge in [-0.25, -0.2) is 9.48 Å². The molecule has 0 saturated carbocycles. The molecule has 1 fully saturated rings. The highest BCUT2D eigenvalue weighted by Gasteiger charge is 2.54. The molecule has 11 nitrogen and oxygen atoms in total. The number of benzene rings is 1. The number of aliphatic hydroxyl groups excluding tert-OH is 1. The molecule has 3 heterocycles. The van der Waals surface area contributed by atoms with Gasteiger partial charge in [-0.3, -0.25) is 14.5 Å². The van der Waals surface area contributed by atoms with Crippen LogP contribution in [-0.4, -0.2) is 76.0 Å². The first-order chi connectivity index (χ1) is 14.9. The second kappa shape index (κ2) is 8.69. The molecule has 162 valence electrons. The number of hydrogen-bond donors (Lipinski definition) is 3. The Bertz CT molecular complexity index is 1060. The summed E-state index contributed by atoms with van der Waals surface area (Å²) in [5, 5.41) is 33.6. The first-order valence-corrected chi connectivity index (χ1v) is 11.2. The van der Waals surface area contributed by atoms with Gasteiger partial charge in [-0.2, -0.15) is 0 Å². The standard InChI is InChI=1S/C18H18N6O5S2/c1-23-18(20-21-22-23)31-8-10-7-30-16-11(15(27)24(16)12(10)17(28)29)19-14(26)13(25)9-5-3-2-4-6-9/h2-6,11,13,16,25H,7-8H2,1H3,(H,19,26)(H,28,29)/t11?,13?,16-/m0/s1. The lowest BCUT2D eigenvalue weighted by Gasteiger charge is -2.49. The lowest BCUT2D eigenvalue weighted by atomic mass is 10.0. The second-order valence-electron chi connectivity index (χ2n) is 6.84. The van der Waals surface area contributed by atoms with Crippen LogP contribution in [-0.2, 0) is 21.4 Å². The zero-order chi connectivity index (χ0) is 22.1. The highest BCUT2D eigenvalue weighted by molar-refractivity contribution is 8.01. The maximum Gasteiger partial charge on any atom is 0.352 e. The van der Waals surface area contributed by atoms with Gasteiger partial charge in [0, 0.05) is 18.6 Å². The summed E-state index contributed by atoms with van der Waals surface area (Å²) in [6.45, 7) is 0. The largest absolute Gasteiger partial charge is 0.477 e. The normalized spacial score (nSPS) is 21.4. The van der Waals surface area contributed by atoms with Crippen molar-refractivity contribution in [2.75, 3.05) is 11.5 Å². The number of thioether (sulfide) groups is 2. The quantitative estimate of drug-likeness (QED) is 0.372. The number of β-lactam (4-membered cyclic amide) rings is 1. The Balaban J connectivity index is 1.46. The minimum atomic E-state index is -1.42. The summed E-state index contributed by atoms with van der Waals surface area (Å²) in [6.07, 6.45) is -1.42. The Kier molecular flexibility index (Phi) is 5.98. The molecule has 13 heteroatoms. The number of aliphatic carboxylic acids is 1. The van der Waals surface area contributed by atoms with Crippen molar-refractivity contribution in [1.82, 2.24) is 30.4 Å². The van der Waals surface area contributed by atoms with Crippen molar-refractivity contribution in [1.29, 1.82) is 0 Å². The zero-order valence-electron chi connectivity index (χ0n) is 16.2. The number of nitrogens with one attached hydrogen (secondary N) is 1. The van der Waals surface area contributed by atoms with E-state index in [0.29, 0.717) is 27.8 Å². The van der Waals surface area contributed by atoms with E-state index < -0.39 is 35.3 Å². The molecule has 0 bridgehead atoms. The molecule has 2 amide bonds. The molecule has 1 aromatic carbocycles. The Morgan fingerprint density at radius 3 is 2.74 bits per heavy atom. The van der Waals surface area contributed by atoms with Gasteiger partial charge < -0.3 is 15.5 Å². The molecule has 0 radical (unpaired) electrons. The molecule has 3 atom stereocenters. The maximum atomic E-state index is 12.7. The van der Waals surface area contributed by atoms with Crippen LogP contribution in [0.5, 0.6) is 0 Å². The Morgan fingerprint density at radius 1 is 1.35 bits per heavy atom. The Labute approximate surface area is 184 Å². The van der Waals surface area contributed by atoms with Crippen molar-refractivity contribution in [3.63, 3.8) is 0 Å². The van der Waals surface area contributed by atoms with Gasteiger partial charge in [-0.05, 0) is 21.6 Å². The molecule has 4 rings (SSSR count). The van der Waals surface area contributed by atoms with Crippen LogP contribution >= 0.6 is 23.5 Å². The van der Waals surface area contributed by atoms with E-state index in [1.165, 1.54) is 33.1 Å². The summed E-state index contributed by atoms with van der Waals surface area (Å²) in [5.74, 6) is -1.75. The first-order valence-electron chi connectivity index (χ1n) is 9.17. The van der Waals surface area contributed by atoms with Crippen molar-refractivity contribution in [2.24, 2.45) is 7.05 Å². The van der Waals surface area contributed by atoms with Crippen LogP contribution < -0.4 is 5.32 Å². The van der Waals surface area contributed by atoms with E-state index >= 15 is 0 Å². The molecule has 2 unspecified atom stereocenters. The van der Waals surface area contributed by atoms with Gasteiger partial charge in [0.25, 0.3) is 11.8 Å². The van der Waals surface area contributed by atoms with E-state index in [1.54, 1.807) is 37.4 Å². The first kappa shape index (κ1) is 21.3. The fourth-order valence-electron chi connectivity index (χ4n) is 3.31. The average Bonchev–Trinajstić information content (AvgIpc) is 3.19. The molecule has 0 aliphatic carbocycles. The smallest absolute Gasteiger partial charge is 0.352 e. The third-order valence-electron chi connectivity index (χ3n) is 4.87. The van der Waals surface area contributed by atoms with Crippen LogP contribution in [0.25, 0.3) is 0 Å². The maximum absolute atomic E-state index is 12.7. The van der Waals surface area contributed by atoms with Crippen molar-refractivity contribution >= 4 is 41.3 Å². The predicted octanol–water partition coefficient (Wildman–Crippen LogP) is -0.226. The number of rotatable bonds is 7. The van der Waals surface area contributed by atoms with Gasteiger partial charge in [-0.15, -0.1) is 16.9 Å². The van der Waals surface area contributed by atoms with Crippen molar-refractivity contribution in [3.8, 4) is 0 Å². The summed E-state index contributed by atoms with van der Waals surface area (Å²) in [5.41, 5.74) is 0.901. The predicted molar refractivity (Wildman–Crippen MR) is 111 cm³/mol. The lowest BCUT2D eigenvalue weighted by molar-refractivity contribution is -0.151. The van der Waals surface area contributed by atoms with Crippen LogP contribution in [0.4, 0.5) is 0 Å². The number of carboxylic acids is 1. The van der Waals surface area contributed by atoms with Gasteiger partial charge in [0.05, 0.1) is 0 Å². The zero-order valence-corrected chi connectivity index (χ0v) is 17.8.